The summed E-state index contributed by atoms with van der Waals surface area (Å²) in [5.41, 5.74) is 0.851. The van der Waals surface area contributed by atoms with Gasteiger partial charge in [0.25, 0.3) is 0 Å². The Hall–Kier alpha value is -1.70. The summed E-state index contributed by atoms with van der Waals surface area (Å²) in [4.78, 5) is 1.90. The summed E-state index contributed by atoms with van der Waals surface area (Å²) in [6, 6.07) is 11.8. The fourth-order valence-electron chi connectivity index (χ4n) is 1.60. The van der Waals surface area contributed by atoms with Crippen molar-refractivity contribution >= 4 is 16.5 Å². The van der Waals surface area contributed by atoms with E-state index in [1.807, 2.05) is 55.4 Å². The number of hydrogen-bond donors (Lipinski definition) is 1. The summed E-state index contributed by atoms with van der Waals surface area (Å²) in [6.45, 7) is 0. The molecular formula is C12H13NO. The number of fused-ring (bicyclic) bond motifs is 1. The maximum Gasteiger partial charge on any atom is 0.146 e. The molecule has 0 atom stereocenters. The maximum atomic E-state index is 9.98. The van der Waals surface area contributed by atoms with Gasteiger partial charge < -0.3 is 10.0 Å². The summed E-state index contributed by atoms with van der Waals surface area (Å²) in [5.74, 6) is 0.355. The molecule has 0 heterocycles. The van der Waals surface area contributed by atoms with Crippen molar-refractivity contribution in [1.82, 2.24) is 0 Å². The summed E-state index contributed by atoms with van der Waals surface area (Å²) < 4.78 is 0. The molecule has 2 heteroatoms. The second-order valence-electron chi connectivity index (χ2n) is 3.55. The van der Waals surface area contributed by atoms with Crippen molar-refractivity contribution in [2.24, 2.45) is 0 Å². The lowest BCUT2D eigenvalue weighted by atomic mass is 10.1. The van der Waals surface area contributed by atoms with Gasteiger partial charge in [-0.15, -0.1) is 0 Å². The molecule has 72 valence electrons. The summed E-state index contributed by atoms with van der Waals surface area (Å²) in [7, 11) is 3.84. The van der Waals surface area contributed by atoms with Gasteiger partial charge in [0.05, 0.1) is 5.69 Å². The first kappa shape index (κ1) is 8.88. The van der Waals surface area contributed by atoms with Gasteiger partial charge in [-0.3, -0.25) is 0 Å². The summed E-state index contributed by atoms with van der Waals surface area (Å²) >= 11 is 0. The van der Waals surface area contributed by atoms with E-state index >= 15 is 0 Å². The molecule has 2 aromatic carbocycles. The molecule has 0 saturated carbocycles. The van der Waals surface area contributed by atoms with E-state index in [9.17, 15) is 5.11 Å². The average molecular weight is 187 g/mol. The molecule has 0 amide bonds. The van der Waals surface area contributed by atoms with E-state index in [2.05, 4.69) is 0 Å². The minimum absolute atomic E-state index is 0.355. The number of rotatable bonds is 1. The predicted molar refractivity (Wildman–Crippen MR) is 59.9 cm³/mol. The molecule has 14 heavy (non-hydrogen) atoms. The number of benzene rings is 2. The lowest BCUT2D eigenvalue weighted by molar-refractivity contribution is 0.482. The maximum absolute atomic E-state index is 9.98. The number of phenols is 1. The van der Waals surface area contributed by atoms with Gasteiger partial charge in [-0.25, -0.2) is 0 Å². The molecule has 0 aromatic heterocycles. The third-order valence-corrected chi connectivity index (χ3v) is 2.36. The number of hydrogen-bond acceptors (Lipinski definition) is 2. The molecule has 0 unspecified atom stereocenters. The van der Waals surface area contributed by atoms with Crippen molar-refractivity contribution in [2.45, 2.75) is 0 Å². The Bertz CT molecular complexity index is 463. The summed E-state index contributed by atoms with van der Waals surface area (Å²) in [5, 5.41) is 11.9. The van der Waals surface area contributed by atoms with Crippen LogP contribution in [0.1, 0.15) is 0 Å². The van der Waals surface area contributed by atoms with Crippen molar-refractivity contribution in [3.8, 4) is 5.75 Å². The number of nitrogens with zero attached hydrogens (tertiary/aromatic N) is 1. The van der Waals surface area contributed by atoms with E-state index in [1.54, 1.807) is 0 Å². The first-order valence-corrected chi connectivity index (χ1v) is 4.58. The van der Waals surface area contributed by atoms with E-state index in [1.165, 1.54) is 0 Å². The quantitative estimate of drug-likeness (QED) is 0.741. The zero-order valence-corrected chi connectivity index (χ0v) is 8.36. The average Bonchev–Trinajstić information content (AvgIpc) is 2.18. The largest absolute Gasteiger partial charge is 0.505 e. The Morgan fingerprint density at radius 2 is 1.71 bits per heavy atom. The first-order chi connectivity index (χ1) is 6.70. The lowest BCUT2D eigenvalue weighted by Crippen LogP contribution is -2.08. The Kier molecular flexibility index (Phi) is 2.04. The van der Waals surface area contributed by atoms with Crippen LogP contribution >= 0.6 is 0 Å². The molecule has 0 aliphatic carbocycles. The van der Waals surface area contributed by atoms with Gasteiger partial charge in [0.1, 0.15) is 5.75 Å². The Morgan fingerprint density at radius 3 is 2.43 bits per heavy atom. The highest BCUT2D eigenvalue weighted by Gasteiger charge is 2.06. The van der Waals surface area contributed by atoms with Crippen LogP contribution in [0.2, 0.25) is 0 Å². The molecule has 0 radical (unpaired) electrons. The molecule has 2 aromatic rings. The molecule has 2 nitrogen and oxygen atoms in total. The van der Waals surface area contributed by atoms with E-state index in [4.69, 9.17) is 0 Å². The van der Waals surface area contributed by atoms with Crippen molar-refractivity contribution in [3.63, 3.8) is 0 Å². The van der Waals surface area contributed by atoms with Crippen LogP contribution in [0.15, 0.2) is 36.4 Å². The van der Waals surface area contributed by atoms with E-state index in [0.29, 0.717) is 5.75 Å². The molecule has 2 rings (SSSR count). The second kappa shape index (κ2) is 3.22. The van der Waals surface area contributed by atoms with Gasteiger partial charge in [0.15, 0.2) is 0 Å². The van der Waals surface area contributed by atoms with Gasteiger partial charge in [0.2, 0.25) is 0 Å². The van der Waals surface area contributed by atoms with Crippen LogP contribution in [-0.2, 0) is 0 Å². The molecule has 1 N–H and O–H groups in total. The Balaban J connectivity index is 2.75. The molecule has 0 bridgehead atoms. The fourth-order valence-corrected chi connectivity index (χ4v) is 1.60. The highest BCUT2D eigenvalue weighted by atomic mass is 16.3. The number of phenolic OH excluding ortho intramolecular Hbond substituents is 1. The van der Waals surface area contributed by atoms with Crippen LogP contribution < -0.4 is 4.90 Å². The minimum atomic E-state index is 0.355. The smallest absolute Gasteiger partial charge is 0.146 e. The molecule has 0 fully saturated rings. The standard InChI is InChI=1S/C12H13NO/c1-13(2)11-8-7-9-5-3-4-6-10(9)12(11)14/h3-8,14H,1-2H3. The van der Waals surface area contributed by atoms with Crippen LogP contribution in [0, 0.1) is 0 Å². The van der Waals surface area contributed by atoms with Crippen LogP contribution in [0.3, 0.4) is 0 Å². The third kappa shape index (κ3) is 1.29. The van der Waals surface area contributed by atoms with Gasteiger partial charge in [0, 0.05) is 19.5 Å². The molecular weight excluding hydrogens is 174 g/mol. The zero-order valence-electron chi connectivity index (χ0n) is 8.36. The van der Waals surface area contributed by atoms with Crippen LogP contribution in [-0.4, -0.2) is 19.2 Å². The monoisotopic (exact) mass is 187 g/mol. The van der Waals surface area contributed by atoms with Crippen molar-refractivity contribution in [3.05, 3.63) is 36.4 Å². The third-order valence-electron chi connectivity index (χ3n) is 2.36. The topological polar surface area (TPSA) is 23.5 Å². The number of anilines is 1. The molecule has 0 aliphatic rings. The van der Waals surface area contributed by atoms with Gasteiger partial charge in [-0.1, -0.05) is 30.3 Å². The first-order valence-electron chi connectivity index (χ1n) is 4.58. The van der Waals surface area contributed by atoms with Crippen molar-refractivity contribution in [1.29, 1.82) is 0 Å². The Labute approximate surface area is 83.4 Å². The van der Waals surface area contributed by atoms with Gasteiger partial charge in [-0.2, -0.15) is 0 Å². The second-order valence-corrected chi connectivity index (χ2v) is 3.55. The normalized spacial score (nSPS) is 10.4. The molecule has 0 spiro atoms. The highest BCUT2D eigenvalue weighted by molar-refractivity contribution is 5.93. The lowest BCUT2D eigenvalue weighted by Gasteiger charge is -2.15. The fraction of sp³-hybridized carbons (Fsp3) is 0.167. The minimum Gasteiger partial charge on any atom is -0.505 e. The predicted octanol–water partition coefficient (Wildman–Crippen LogP) is 2.61. The van der Waals surface area contributed by atoms with E-state index in [0.717, 1.165) is 16.5 Å². The highest BCUT2D eigenvalue weighted by Crippen LogP contribution is 2.33. The van der Waals surface area contributed by atoms with Crippen molar-refractivity contribution in [2.75, 3.05) is 19.0 Å². The zero-order chi connectivity index (χ0) is 10.1. The number of aromatic hydroxyl groups is 1. The van der Waals surface area contributed by atoms with E-state index in [-0.39, 0.29) is 0 Å². The molecule has 0 saturated heterocycles. The van der Waals surface area contributed by atoms with E-state index < -0.39 is 0 Å². The van der Waals surface area contributed by atoms with Gasteiger partial charge in [-0.05, 0) is 11.5 Å². The van der Waals surface area contributed by atoms with Crippen LogP contribution in [0.5, 0.6) is 5.75 Å². The SMILES string of the molecule is CN(C)c1ccc2ccccc2c1O. The van der Waals surface area contributed by atoms with Crippen LogP contribution in [0.4, 0.5) is 5.69 Å². The van der Waals surface area contributed by atoms with Gasteiger partial charge >= 0.3 is 0 Å². The summed E-state index contributed by atoms with van der Waals surface area (Å²) in [6.07, 6.45) is 0. The van der Waals surface area contributed by atoms with Crippen molar-refractivity contribution < 1.29 is 5.11 Å². The van der Waals surface area contributed by atoms with Crippen LogP contribution in [0.25, 0.3) is 10.8 Å². The Morgan fingerprint density at radius 1 is 1.00 bits per heavy atom. The molecule has 0 aliphatic heterocycles.